The average Bonchev–Trinajstić information content (AvgIpc) is 3.49. The van der Waals surface area contributed by atoms with Crippen LogP contribution >= 0.6 is 0 Å². The molecule has 15 nitrogen and oxygen atoms in total. The zero-order valence-electron chi connectivity index (χ0n) is 28.5. The fourth-order valence-corrected chi connectivity index (χ4v) is 6.03. The van der Waals surface area contributed by atoms with Crippen LogP contribution in [0.2, 0.25) is 0 Å². The predicted octanol–water partition coefficient (Wildman–Crippen LogP) is 1.70. The molecule has 0 unspecified atom stereocenters. The van der Waals surface area contributed by atoms with E-state index in [1.165, 1.54) is 0 Å². The summed E-state index contributed by atoms with van der Waals surface area (Å²) >= 11 is 0. The van der Waals surface area contributed by atoms with E-state index in [9.17, 15) is 42.3 Å². The number of sulfone groups is 1. The molecular formula is C35H44N4O11S. The molecule has 0 bridgehead atoms. The number of fused-ring (bicyclic) bond motifs is 1. The van der Waals surface area contributed by atoms with Crippen molar-refractivity contribution in [1.29, 1.82) is 0 Å². The third kappa shape index (κ3) is 13.5. The molecular weight excluding hydrogens is 684 g/mol. The lowest BCUT2D eigenvalue weighted by Gasteiger charge is -2.30. The van der Waals surface area contributed by atoms with E-state index in [1.807, 2.05) is 24.3 Å². The number of aliphatic carboxylic acids is 2. The molecule has 276 valence electrons. The van der Waals surface area contributed by atoms with Crippen molar-refractivity contribution < 1.29 is 52.1 Å². The Labute approximate surface area is 296 Å². The van der Waals surface area contributed by atoms with Crippen molar-refractivity contribution in [2.45, 2.75) is 76.7 Å². The van der Waals surface area contributed by atoms with Crippen LogP contribution in [-0.2, 0) is 58.0 Å². The first-order valence-electron chi connectivity index (χ1n) is 16.3. The maximum absolute atomic E-state index is 14.0. The first-order valence-corrected chi connectivity index (χ1v) is 18.2. The smallest absolute Gasteiger partial charge is 0.408 e. The molecule has 0 fully saturated rings. The summed E-state index contributed by atoms with van der Waals surface area (Å²) in [6, 6.07) is 11.0. The van der Waals surface area contributed by atoms with Gasteiger partial charge in [0.15, 0.2) is 9.84 Å². The molecule has 4 amide bonds. The molecule has 0 radical (unpaired) electrons. The van der Waals surface area contributed by atoms with Crippen molar-refractivity contribution in [1.82, 2.24) is 21.3 Å². The van der Waals surface area contributed by atoms with Crippen LogP contribution < -0.4 is 21.3 Å². The van der Waals surface area contributed by atoms with Gasteiger partial charge in [-0.15, -0.1) is 0 Å². The molecule has 3 rings (SSSR count). The van der Waals surface area contributed by atoms with Gasteiger partial charge in [-0.3, -0.25) is 24.0 Å². The number of ether oxygens (including phenoxy) is 1. The largest absolute Gasteiger partial charge is 0.481 e. The topological polar surface area (TPSA) is 234 Å². The Bertz CT molecular complexity index is 1690. The molecule has 0 aromatic heterocycles. The third-order valence-electron chi connectivity index (χ3n) is 8.14. The number of alkyl carbamates (subject to hydrolysis) is 1. The molecule has 1 aliphatic rings. The second-order valence-corrected chi connectivity index (χ2v) is 14.6. The zero-order chi connectivity index (χ0) is 37.7. The number of carboxylic acids is 2. The van der Waals surface area contributed by atoms with Gasteiger partial charge in [0.05, 0.1) is 6.42 Å². The van der Waals surface area contributed by atoms with Gasteiger partial charge >= 0.3 is 18.0 Å². The van der Waals surface area contributed by atoms with Gasteiger partial charge in [-0.25, -0.2) is 13.2 Å². The maximum Gasteiger partial charge on any atom is 0.408 e. The quantitative estimate of drug-likeness (QED) is 0.129. The molecule has 6 N–H and O–H groups in total. The van der Waals surface area contributed by atoms with Crippen LogP contribution in [-0.4, -0.2) is 84.8 Å². The average molecular weight is 729 g/mol. The number of nitrogens with one attached hydrogen (secondary N) is 4. The van der Waals surface area contributed by atoms with Gasteiger partial charge in [0, 0.05) is 24.1 Å². The van der Waals surface area contributed by atoms with Crippen LogP contribution in [0.25, 0.3) is 0 Å². The Hall–Kier alpha value is -5.25. The van der Waals surface area contributed by atoms with Gasteiger partial charge in [-0.05, 0) is 47.8 Å². The molecule has 0 heterocycles. The summed E-state index contributed by atoms with van der Waals surface area (Å²) in [4.78, 5) is 76.6. The van der Waals surface area contributed by atoms with Crippen molar-refractivity contribution in [2.24, 2.45) is 11.8 Å². The summed E-state index contributed by atoms with van der Waals surface area (Å²) in [6.07, 6.45) is 0.476. The van der Waals surface area contributed by atoms with E-state index < -0.39 is 88.0 Å². The van der Waals surface area contributed by atoms with Crippen LogP contribution in [0.3, 0.4) is 0 Å². The number of rotatable bonds is 18. The van der Waals surface area contributed by atoms with E-state index in [2.05, 4.69) is 21.3 Å². The number of hydrogen-bond donors (Lipinski definition) is 6. The normalized spacial score (nSPS) is 15.2. The summed E-state index contributed by atoms with van der Waals surface area (Å²) in [5.41, 5.74) is 2.54. The van der Waals surface area contributed by atoms with E-state index in [0.29, 0.717) is 18.4 Å². The van der Waals surface area contributed by atoms with Crippen LogP contribution in [0.4, 0.5) is 4.79 Å². The highest BCUT2D eigenvalue weighted by Gasteiger charge is 2.38. The van der Waals surface area contributed by atoms with E-state index in [0.717, 1.165) is 28.9 Å². The van der Waals surface area contributed by atoms with E-state index in [1.54, 1.807) is 44.2 Å². The zero-order valence-corrected chi connectivity index (χ0v) is 29.4. The molecule has 0 aliphatic heterocycles. The first-order chi connectivity index (χ1) is 24.0. The summed E-state index contributed by atoms with van der Waals surface area (Å²) in [5.74, 6) is -6.04. The lowest BCUT2D eigenvalue weighted by atomic mass is 9.93. The van der Waals surface area contributed by atoms with Crippen molar-refractivity contribution in [3.05, 3.63) is 82.8 Å². The molecule has 0 saturated heterocycles. The fraction of sp³-hybridized carbons (Fsp3) is 0.429. The van der Waals surface area contributed by atoms with Crippen molar-refractivity contribution in [3.63, 3.8) is 0 Å². The molecule has 16 heteroatoms. The minimum Gasteiger partial charge on any atom is -0.481 e. The number of benzene rings is 2. The summed E-state index contributed by atoms with van der Waals surface area (Å²) in [7, 11) is -3.60. The number of hydrogen-bond acceptors (Lipinski definition) is 9. The fourth-order valence-electron chi connectivity index (χ4n) is 5.55. The minimum absolute atomic E-state index is 0.128. The molecule has 0 saturated carbocycles. The van der Waals surface area contributed by atoms with Gasteiger partial charge in [0.1, 0.15) is 24.7 Å². The maximum atomic E-state index is 14.0. The highest BCUT2D eigenvalue weighted by molar-refractivity contribution is 7.93. The Kier molecular flexibility index (Phi) is 14.7. The van der Waals surface area contributed by atoms with Crippen LogP contribution in [0, 0.1) is 11.8 Å². The van der Waals surface area contributed by atoms with Gasteiger partial charge in [0.2, 0.25) is 17.7 Å². The minimum atomic E-state index is -3.60. The molecule has 4 atom stereocenters. The van der Waals surface area contributed by atoms with E-state index in [-0.39, 0.29) is 19.4 Å². The van der Waals surface area contributed by atoms with Crippen LogP contribution in [0.1, 0.15) is 49.8 Å². The van der Waals surface area contributed by atoms with Crippen LogP contribution in [0.15, 0.2) is 66.1 Å². The van der Waals surface area contributed by atoms with Crippen molar-refractivity contribution in [2.75, 3.05) is 6.26 Å². The first kappa shape index (κ1) is 40.2. The lowest BCUT2D eigenvalue weighted by Crippen LogP contribution is -2.60. The predicted molar refractivity (Wildman–Crippen MR) is 185 cm³/mol. The SMILES string of the molecule is CC(C)[C@H](NC(=O)[C@@H](NC(=O)[C@H](CC(=O)O)NC(=O)OCc1ccccc1)C1Cc2ccccc2C1)C(=O)N[C@H](/C=C/S(C)(=O)=O)CCC(=O)O. The Morgan fingerprint density at radius 1 is 0.824 bits per heavy atom. The molecule has 2 aromatic rings. The van der Waals surface area contributed by atoms with Gasteiger partial charge in [0.25, 0.3) is 0 Å². The number of carbonyl (C=O) groups excluding carboxylic acids is 4. The number of carbonyl (C=O) groups is 6. The Balaban J connectivity index is 1.83. The number of carboxylic acid groups (broad SMARTS) is 2. The Morgan fingerprint density at radius 3 is 1.98 bits per heavy atom. The molecule has 2 aromatic carbocycles. The molecule has 1 aliphatic carbocycles. The van der Waals surface area contributed by atoms with Crippen molar-refractivity contribution in [3.8, 4) is 0 Å². The van der Waals surface area contributed by atoms with Crippen molar-refractivity contribution >= 4 is 45.6 Å². The lowest BCUT2D eigenvalue weighted by molar-refractivity contribution is -0.140. The van der Waals surface area contributed by atoms with Gasteiger partial charge in [-0.1, -0.05) is 74.5 Å². The standard InChI is InChI=1S/C35H44N4O11S/c1-21(2)30(33(45)36-26(13-14-28(40)41)15-16-51(3,48)49)38-34(46)31(25-17-23-11-7-8-12-24(23)18-25)39-32(44)27(19-29(42)43)37-35(47)50-20-22-9-5-4-6-10-22/h4-12,15-16,21,25-27,30-31H,13-14,17-20H2,1-3H3,(H,36,45)(H,37,47)(H,38,46)(H,39,44)(H,40,41)(H,42,43)/b16-15+/t26-,27-,30-,31-/m0/s1. The summed E-state index contributed by atoms with van der Waals surface area (Å²) in [6.45, 7) is 3.16. The van der Waals surface area contributed by atoms with E-state index in [4.69, 9.17) is 9.84 Å². The summed E-state index contributed by atoms with van der Waals surface area (Å²) < 4.78 is 28.6. The van der Waals surface area contributed by atoms with Gasteiger partial charge in [-0.2, -0.15) is 0 Å². The van der Waals surface area contributed by atoms with Crippen LogP contribution in [0.5, 0.6) is 0 Å². The second-order valence-electron chi connectivity index (χ2n) is 12.7. The summed E-state index contributed by atoms with van der Waals surface area (Å²) in [5, 5.41) is 29.7. The Morgan fingerprint density at radius 2 is 1.43 bits per heavy atom. The highest BCUT2D eigenvalue weighted by atomic mass is 32.2. The molecule has 51 heavy (non-hydrogen) atoms. The van der Waals surface area contributed by atoms with Gasteiger partial charge < -0.3 is 36.2 Å². The monoisotopic (exact) mass is 728 g/mol. The third-order valence-corrected chi connectivity index (χ3v) is 8.79. The molecule has 0 spiro atoms. The number of amides is 4. The second kappa shape index (κ2) is 18.7. The van der Waals surface area contributed by atoms with E-state index >= 15 is 0 Å². The highest BCUT2D eigenvalue weighted by Crippen LogP contribution is 2.29.